The number of amides is 1. The van der Waals surface area contributed by atoms with E-state index >= 15 is 0 Å². The Hall–Kier alpha value is -1.96. The van der Waals surface area contributed by atoms with E-state index in [2.05, 4.69) is 15.2 Å². The van der Waals surface area contributed by atoms with E-state index in [-0.39, 0.29) is 17.8 Å². The van der Waals surface area contributed by atoms with E-state index in [4.69, 9.17) is 10.2 Å². The first-order valence-electron chi connectivity index (χ1n) is 7.22. The minimum absolute atomic E-state index is 0.0390. The molecule has 0 bridgehead atoms. The molecule has 1 saturated heterocycles. The van der Waals surface area contributed by atoms with Gasteiger partial charge in [0.05, 0.1) is 5.75 Å². The molecule has 1 aliphatic rings. The molecule has 0 aliphatic carbocycles. The lowest BCUT2D eigenvalue weighted by Crippen LogP contribution is -2.38. The van der Waals surface area contributed by atoms with Gasteiger partial charge in [-0.15, -0.1) is 5.10 Å². The van der Waals surface area contributed by atoms with Gasteiger partial charge < -0.3 is 15.1 Å². The maximum Gasteiger partial charge on any atom is 0.289 e. The van der Waals surface area contributed by atoms with Crippen molar-refractivity contribution in [2.75, 3.05) is 25.1 Å². The standard InChI is InChI=1S/C14H19N5O2S/c1-22-8-10-2-3-11(21-10)13(20)19-6-4-9(5-7-19)12-16-14(15)18-17-12/h2-3,9H,4-8H2,1H3,(H3,15,16,17,18). The zero-order valence-corrected chi connectivity index (χ0v) is 13.2. The summed E-state index contributed by atoms with van der Waals surface area (Å²) in [5, 5.41) is 6.72. The van der Waals surface area contributed by atoms with Crippen LogP contribution in [0.2, 0.25) is 0 Å². The average molecular weight is 321 g/mol. The number of rotatable bonds is 4. The number of piperidine rings is 1. The Morgan fingerprint density at radius 1 is 1.50 bits per heavy atom. The summed E-state index contributed by atoms with van der Waals surface area (Å²) in [6.07, 6.45) is 3.70. The summed E-state index contributed by atoms with van der Waals surface area (Å²) in [5.41, 5.74) is 5.53. The number of hydrogen-bond acceptors (Lipinski definition) is 6. The zero-order valence-electron chi connectivity index (χ0n) is 12.4. The van der Waals surface area contributed by atoms with E-state index in [1.54, 1.807) is 17.8 Å². The molecule has 3 rings (SSSR count). The average Bonchev–Trinajstić information content (AvgIpc) is 3.16. The van der Waals surface area contributed by atoms with Gasteiger partial charge in [-0.25, -0.2) is 0 Å². The minimum Gasteiger partial charge on any atom is -0.455 e. The molecule has 3 heterocycles. The van der Waals surface area contributed by atoms with Crippen molar-refractivity contribution in [3.63, 3.8) is 0 Å². The third kappa shape index (κ3) is 3.11. The predicted octanol–water partition coefficient (Wildman–Crippen LogP) is 1.86. The van der Waals surface area contributed by atoms with E-state index in [1.165, 1.54) is 0 Å². The number of aromatic amines is 1. The Kier molecular flexibility index (Phi) is 4.37. The zero-order chi connectivity index (χ0) is 15.5. The van der Waals surface area contributed by atoms with Crippen LogP contribution < -0.4 is 5.73 Å². The summed E-state index contributed by atoms with van der Waals surface area (Å²) in [5.74, 6) is 3.35. The first-order chi connectivity index (χ1) is 10.7. The Morgan fingerprint density at radius 3 is 2.91 bits per heavy atom. The maximum absolute atomic E-state index is 12.4. The van der Waals surface area contributed by atoms with Crippen molar-refractivity contribution in [1.29, 1.82) is 0 Å². The molecule has 2 aromatic heterocycles. The Bertz CT molecular complexity index is 645. The smallest absolute Gasteiger partial charge is 0.289 e. The quantitative estimate of drug-likeness (QED) is 0.891. The second-order valence-electron chi connectivity index (χ2n) is 5.34. The molecule has 1 aliphatic heterocycles. The van der Waals surface area contributed by atoms with Gasteiger partial charge in [-0.1, -0.05) is 0 Å². The lowest BCUT2D eigenvalue weighted by atomic mass is 9.96. The highest BCUT2D eigenvalue weighted by Gasteiger charge is 2.27. The Labute approximate surface area is 132 Å². The third-order valence-electron chi connectivity index (χ3n) is 3.85. The van der Waals surface area contributed by atoms with Gasteiger partial charge >= 0.3 is 0 Å². The van der Waals surface area contributed by atoms with Crippen LogP contribution in [-0.2, 0) is 5.75 Å². The SMILES string of the molecule is CSCc1ccc(C(=O)N2CCC(c3nc(N)n[nH]3)CC2)o1. The molecule has 3 N–H and O–H groups in total. The van der Waals surface area contributed by atoms with Crippen LogP contribution in [0.5, 0.6) is 0 Å². The molecule has 118 valence electrons. The van der Waals surface area contributed by atoms with Crippen molar-refractivity contribution in [3.8, 4) is 0 Å². The van der Waals surface area contributed by atoms with Crippen molar-refractivity contribution >= 4 is 23.6 Å². The van der Waals surface area contributed by atoms with Gasteiger partial charge in [-0.05, 0) is 31.2 Å². The molecule has 8 heteroatoms. The predicted molar refractivity (Wildman–Crippen MR) is 84.6 cm³/mol. The molecular weight excluding hydrogens is 302 g/mol. The molecule has 0 saturated carbocycles. The number of nitrogens with two attached hydrogens (primary N) is 1. The van der Waals surface area contributed by atoms with E-state index in [0.717, 1.165) is 30.2 Å². The molecule has 1 amide bonds. The van der Waals surface area contributed by atoms with Crippen LogP contribution in [0.25, 0.3) is 0 Å². The normalized spacial score (nSPS) is 16.1. The summed E-state index contributed by atoms with van der Waals surface area (Å²) in [6, 6.07) is 3.63. The van der Waals surface area contributed by atoms with Crippen molar-refractivity contribution < 1.29 is 9.21 Å². The summed E-state index contributed by atoms with van der Waals surface area (Å²) >= 11 is 1.67. The lowest BCUT2D eigenvalue weighted by Gasteiger charge is -2.30. The van der Waals surface area contributed by atoms with Gasteiger partial charge in [0.2, 0.25) is 5.95 Å². The monoisotopic (exact) mass is 321 g/mol. The van der Waals surface area contributed by atoms with Crippen molar-refractivity contribution in [1.82, 2.24) is 20.1 Å². The maximum atomic E-state index is 12.4. The molecule has 2 aromatic rings. The van der Waals surface area contributed by atoms with Crippen LogP contribution >= 0.6 is 11.8 Å². The highest BCUT2D eigenvalue weighted by atomic mass is 32.2. The van der Waals surface area contributed by atoms with Gasteiger partial charge in [0, 0.05) is 19.0 Å². The first kappa shape index (κ1) is 15.0. The number of nitrogen functional groups attached to an aromatic ring is 1. The van der Waals surface area contributed by atoms with E-state index in [0.29, 0.717) is 18.8 Å². The van der Waals surface area contributed by atoms with E-state index < -0.39 is 0 Å². The van der Waals surface area contributed by atoms with Crippen LogP contribution in [-0.4, -0.2) is 45.3 Å². The molecule has 0 unspecified atom stereocenters. The topological polar surface area (TPSA) is 101 Å². The largest absolute Gasteiger partial charge is 0.455 e. The second-order valence-corrected chi connectivity index (χ2v) is 6.21. The fourth-order valence-corrected chi connectivity index (χ4v) is 3.13. The van der Waals surface area contributed by atoms with Crippen molar-refractivity contribution in [2.45, 2.75) is 24.5 Å². The number of aromatic nitrogens is 3. The van der Waals surface area contributed by atoms with Crippen LogP contribution in [0, 0.1) is 0 Å². The minimum atomic E-state index is -0.0390. The van der Waals surface area contributed by atoms with E-state index in [9.17, 15) is 4.79 Å². The number of H-pyrrole nitrogens is 1. The van der Waals surface area contributed by atoms with Gasteiger partial charge in [0.1, 0.15) is 11.6 Å². The Balaban J connectivity index is 1.59. The first-order valence-corrected chi connectivity index (χ1v) is 8.61. The Morgan fingerprint density at radius 2 is 2.27 bits per heavy atom. The third-order valence-corrected chi connectivity index (χ3v) is 4.42. The number of nitrogens with one attached hydrogen (secondary N) is 1. The van der Waals surface area contributed by atoms with Crippen LogP contribution in [0.3, 0.4) is 0 Å². The molecule has 1 fully saturated rings. The number of thioether (sulfide) groups is 1. The highest BCUT2D eigenvalue weighted by molar-refractivity contribution is 7.97. The molecule has 0 atom stereocenters. The second kappa shape index (κ2) is 6.43. The van der Waals surface area contributed by atoms with Gasteiger partial charge in [0.25, 0.3) is 5.91 Å². The fourth-order valence-electron chi connectivity index (χ4n) is 2.70. The van der Waals surface area contributed by atoms with Crippen LogP contribution in [0.15, 0.2) is 16.5 Å². The van der Waals surface area contributed by atoms with E-state index in [1.807, 2.05) is 17.2 Å². The van der Waals surface area contributed by atoms with Gasteiger partial charge in [0.15, 0.2) is 5.76 Å². The number of anilines is 1. The number of carbonyl (C=O) groups is 1. The number of hydrogen-bond donors (Lipinski definition) is 2. The summed E-state index contributed by atoms with van der Waals surface area (Å²) in [7, 11) is 0. The lowest BCUT2D eigenvalue weighted by molar-refractivity contribution is 0.0677. The van der Waals surface area contributed by atoms with Crippen LogP contribution in [0.4, 0.5) is 5.95 Å². The fraction of sp³-hybridized carbons (Fsp3) is 0.500. The van der Waals surface area contributed by atoms with Gasteiger partial charge in [-0.3, -0.25) is 9.89 Å². The summed E-state index contributed by atoms with van der Waals surface area (Å²) in [6.45, 7) is 1.37. The summed E-state index contributed by atoms with van der Waals surface area (Å²) < 4.78 is 5.60. The number of nitrogens with zero attached hydrogens (tertiary/aromatic N) is 3. The van der Waals surface area contributed by atoms with Crippen molar-refractivity contribution in [3.05, 3.63) is 29.5 Å². The van der Waals surface area contributed by atoms with Crippen molar-refractivity contribution in [2.24, 2.45) is 0 Å². The molecule has 7 nitrogen and oxygen atoms in total. The van der Waals surface area contributed by atoms with Crippen LogP contribution in [0.1, 0.15) is 40.9 Å². The highest BCUT2D eigenvalue weighted by Crippen LogP contribution is 2.27. The molecular formula is C14H19N5O2S. The molecule has 22 heavy (non-hydrogen) atoms. The molecule has 0 radical (unpaired) electrons. The molecule has 0 aromatic carbocycles. The molecule has 0 spiro atoms. The number of carbonyl (C=O) groups excluding carboxylic acids is 1. The van der Waals surface area contributed by atoms with Gasteiger partial charge in [-0.2, -0.15) is 16.7 Å². The number of likely N-dealkylation sites (tertiary alicyclic amines) is 1. The number of furan rings is 1. The summed E-state index contributed by atoms with van der Waals surface area (Å²) in [4.78, 5) is 18.4.